The normalized spacial score (nSPS) is 11.1. The molecule has 0 saturated heterocycles. The van der Waals surface area contributed by atoms with Crippen LogP contribution in [-0.4, -0.2) is 9.55 Å². The van der Waals surface area contributed by atoms with E-state index in [2.05, 4.69) is 51.5 Å². The van der Waals surface area contributed by atoms with Crippen molar-refractivity contribution in [3.63, 3.8) is 0 Å². The molecule has 5 heteroatoms. The molecule has 28 heavy (non-hydrogen) atoms. The van der Waals surface area contributed by atoms with Crippen molar-refractivity contribution in [3.05, 3.63) is 93.5 Å². The lowest BCUT2D eigenvalue weighted by molar-refractivity contribution is 0.306. The third-order valence-corrected chi connectivity index (χ3v) is 5.58. The Morgan fingerprint density at radius 2 is 1.71 bits per heavy atom. The van der Waals surface area contributed by atoms with E-state index in [0.717, 1.165) is 44.6 Å². The summed E-state index contributed by atoms with van der Waals surface area (Å²) >= 11 is 3.60. The molecule has 4 rings (SSSR count). The van der Waals surface area contributed by atoms with E-state index < -0.39 is 0 Å². The van der Waals surface area contributed by atoms with Gasteiger partial charge in [0, 0.05) is 18.4 Å². The number of aryl methyl sites for hydroxylation is 1. The average Bonchev–Trinajstić information content (AvgIpc) is 2.94. The van der Waals surface area contributed by atoms with E-state index in [1.165, 1.54) is 17.7 Å². The standard InChI is InChI=1S/C23H20BrFN2O/c1-15-16(2)27(13-17-6-4-3-5-7-17)22-21(15)26-12-20(24)23(22)28-14-18-8-10-19(25)11-9-18/h3-12H,13-14H2,1-2H3. The molecule has 0 aliphatic carbocycles. The van der Waals surface area contributed by atoms with Crippen LogP contribution in [0.4, 0.5) is 4.39 Å². The minimum Gasteiger partial charge on any atom is -0.485 e. The highest BCUT2D eigenvalue weighted by Crippen LogP contribution is 2.37. The lowest BCUT2D eigenvalue weighted by Crippen LogP contribution is -2.04. The van der Waals surface area contributed by atoms with Gasteiger partial charge in [-0.2, -0.15) is 0 Å². The Bertz CT molecular complexity index is 1120. The molecule has 0 amide bonds. The van der Waals surface area contributed by atoms with E-state index in [0.29, 0.717) is 6.61 Å². The van der Waals surface area contributed by atoms with Crippen LogP contribution in [0.15, 0.2) is 65.3 Å². The minimum absolute atomic E-state index is 0.251. The van der Waals surface area contributed by atoms with E-state index in [1.54, 1.807) is 18.3 Å². The molecule has 0 fully saturated rings. The predicted octanol–water partition coefficient (Wildman–Crippen LogP) is 6.18. The number of pyridine rings is 1. The van der Waals surface area contributed by atoms with Gasteiger partial charge in [0.15, 0.2) is 5.75 Å². The van der Waals surface area contributed by atoms with Crippen molar-refractivity contribution >= 4 is 27.0 Å². The summed E-state index contributed by atoms with van der Waals surface area (Å²) in [4.78, 5) is 4.63. The number of nitrogens with zero attached hydrogens (tertiary/aromatic N) is 2. The fourth-order valence-corrected chi connectivity index (χ4v) is 3.77. The second-order valence-electron chi connectivity index (χ2n) is 6.83. The van der Waals surface area contributed by atoms with Crippen LogP contribution in [0.5, 0.6) is 5.75 Å². The molecule has 2 aromatic heterocycles. The average molecular weight is 439 g/mol. The Balaban J connectivity index is 1.77. The first-order valence-corrected chi connectivity index (χ1v) is 9.89. The molecule has 2 aromatic carbocycles. The van der Waals surface area contributed by atoms with Crippen molar-refractivity contribution in [2.45, 2.75) is 27.0 Å². The molecular formula is C23H20BrFN2O. The predicted molar refractivity (Wildman–Crippen MR) is 113 cm³/mol. The fourth-order valence-electron chi connectivity index (χ4n) is 3.37. The number of hydrogen-bond acceptors (Lipinski definition) is 2. The van der Waals surface area contributed by atoms with Crippen molar-refractivity contribution in [1.82, 2.24) is 9.55 Å². The summed E-state index contributed by atoms with van der Waals surface area (Å²) < 4.78 is 22.4. The first kappa shape index (κ1) is 18.7. The lowest BCUT2D eigenvalue weighted by atomic mass is 10.2. The lowest BCUT2D eigenvalue weighted by Gasteiger charge is -2.14. The summed E-state index contributed by atoms with van der Waals surface area (Å²) in [5.74, 6) is 0.501. The second-order valence-corrected chi connectivity index (χ2v) is 7.68. The van der Waals surface area contributed by atoms with Crippen LogP contribution in [0.1, 0.15) is 22.4 Å². The molecule has 4 aromatic rings. The van der Waals surface area contributed by atoms with Crippen LogP contribution in [0.2, 0.25) is 0 Å². The van der Waals surface area contributed by atoms with Crippen LogP contribution in [0.25, 0.3) is 11.0 Å². The molecule has 0 saturated carbocycles. The van der Waals surface area contributed by atoms with Crippen LogP contribution in [-0.2, 0) is 13.2 Å². The molecule has 0 unspecified atom stereocenters. The van der Waals surface area contributed by atoms with Crippen molar-refractivity contribution < 1.29 is 9.13 Å². The number of fused-ring (bicyclic) bond motifs is 1. The van der Waals surface area contributed by atoms with E-state index >= 15 is 0 Å². The van der Waals surface area contributed by atoms with Crippen LogP contribution < -0.4 is 4.74 Å². The van der Waals surface area contributed by atoms with Crippen LogP contribution >= 0.6 is 15.9 Å². The van der Waals surface area contributed by atoms with Gasteiger partial charge in [-0.25, -0.2) is 4.39 Å². The molecule has 2 heterocycles. The van der Waals surface area contributed by atoms with Crippen molar-refractivity contribution in [3.8, 4) is 5.75 Å². The highest BCUT2D eigenvalue weighted by molar-refractivity contribution is 9.10. The van der Waals surface area contributed by atoms with Gasteiger partial charge >= 0.3 is 0 Å². The highest BCUT2D eigenvalue weighted by atomic mass is 79.9. The number of ether oxygens (including phenoxy) is 1. The smallest absolute Gasteiger partial charge is 0.161 e. The number of rotatable bonds is 5. The summed E-state index contributed by atoms with van der Waals surface area (Å²) in [6.45, 7) is 5.29. The van der Waals surface area contributed by atoms with Gasteiger partial charge < -0.3 is 9.30 Å². The number of benzene rings is 2. The fraction of sp³-hybridized carbons (Fsp3) is 0.174. The Morgan fingerprint density at radius 1 is 1.00 bits per heavy atom. The van der Waals surface area contributed by atoms with Crippen LogP contribution in [0.3, 0.4) is 0 Å². The maximum Gasteiger partial charge on any atom is 0.161 e. The second kappa shape index (κ2) is 7.76. The third kappa shape index (κ3) is 3.54. The topological polar surface area (TPSA) is 27.1 Å². The van der Waals surface area contributed by atoms with Gasteiger partial charge in [-0.1, -0.05) is 42.5 Å². The maximum atomic E-state index is 13.2. The van der Waals surface area contributed by atoms with Gasteiger partial charge in [0.1, 0.15) is 17.9 Å². The first-order chi connectivity index (χ1) is 13.5. The van der Waals surface area contributed by atoms with Crippen molar-refractivity contribution in [1.29, 1.82) is 0 Å². The Morgan fingerprint density at radius 3 is 2.43 bits per heavy atom. The SMILES string of the molecule is Cc1c(C)n(Cc2ccccc2)c2c(OCc3ccc(F)cc3)c(Br)cnc12. The van der Waals surface area contributed by atoms with Crippen molar-refractivity contribution in [2.24, 2.45) is 0 Å². The quantitative estimate of drug-likeness (QED) is 0.371. The molecule has 0 aliphatic heterocycles. The van der Waals surface area contributed by atoms with Gasteiger partial charge in [0.25, 0.3) is 0 Å². The molecule has 3 nitrogen and oxygen atoms in total. The third-order valence-electron chi connectivity index (χ3n) is 5.02. The molecule has 0 bridgehead atoms. The van der Waals surface area contributed by atoms with Gasteiger partial charge in [-0.15, -0.1) is 0 Å². The first-order valence-electron chi connectivity index (χ1n) is 9.09. The van der Waals surface area contributed by atoms with E-state index in [1.807, 2.05) is 18.2 Å². The van der Waals surface area contributed by atoms with Gasteiger partial charge in [-0.05, 0) is 58.6 Å². The summed E-state index contributed by atoms with van der Waals surface area (Å²) in [5.41, 5.74) is 6.34. The molecule has 0 atom stereocenters. The zero-order chi connectivity index (χ0) is 19.7. The summed E-state index contributed by atoms with van der Waals surface area (Å²) in [7, 11) is 0. The molecule has 0 spiro atoms. The maximum absolute atomic E-state index is 13.2. The molecular weight excluding hydrogens is 419 g/mol. The molecule has 0 aliphatic rings. The van der Waals surface area contributed by atoms with E-state index in [9.17, 15) is 4.39 Å². The van der Waals surface area contributed by atoms with Gasteiger partial charge in [0.2, 0.25) is 0 Å². The monoisotopic (exact) mass is 438 g/mol. The Labute approximate surface area is 171 Å². The van der Waals surface area contributed by atoms with E-state index in [4.69, 9.17) is 4.74 Å². The van der Waals surface area contributed by atoms with Crippen molar-refractivity contribution in [2.75, 3.05) is 0 Å². The minimum atomic E-state index is -0.251. The molecule has 0 N–H and O–H groups in total. The summed E-state index contributed by atoms with van der Waals surface area (Å²) in [5, 5.41) is 0. The molecule has 142 valence electrons. The largest absolute Gasteiger partial charge is 0.485 e. The number of halogens is 2. The Hall–Kier alpha value is -2.66. The molecule has 0 radical (unpaired) electrons. The summed E-state index contributed by atoms with van der Waals surface area (Å²) in [6.07, 6.45) is 1.78. The van der Waals surface area contributed by atoms with Crippen LogP contribution in [0, 0.1) is 19.7 Å². The zero-order valence-corrected chi connectivity index (χ0v) is 17.3. The number of hydrogen-bond donors (Lipinski definition) is 0. The highest BCUT2D eigenvalue weighted by Gasteiger charge is 2.19. The van der Waals surface area contributed by atoms with E-state index in [-0.39, 0.29) is 5.82 Å². The van der Waals surface area contributed by atoms with Gasteiger partial charge in [-0.3, -0.25) is 4.98 Å². The Kier molecular flexibility index (Phi) is 5.18. The zero-order valence-electron chi connectivity index (χ0n) is 15.7. The summed E-state index contributed by atoms with van der Waals surface area (Å²) in [6, 6.07) is 16.7. The number of aromatic nitrogens is 2. The van der Waals surface area contributed by atoms with Gasteiger partial charge in [0.05, 0.1) is 9.99 Å².